The summed E-state index contributed by atoms with van der Waals surface area (Å²) < 4.78 is 5.82. The van der Waals surface area contributed by atoms with Crippen molar-refractivity contribution >= 4 is 28.3 Å². The van der Waals surface area contributed by atoms with Gasteiger partial charge in [0, 0.05) is 25.3 Å². The minimum atomic E-state index is -0.205. The lowest BCUT2D eigenvalue weighted by Gasteiger charge is -2.14. The molecule has 1 aliphatic carbocycles. The van der Waals surface area contributed by atoms with Gasteiger partial charge < -0.3 is 14.6 Å². The molecule has 7 heteroatoms. The third-order valence-electron chi connectivity index (χ3n) is 3.90. The molecule has 0 bridgehead atoms. The van der Waals surface area contributed by atoms with Crippen LogP contribution in [-0.2, 0) is 11.3 Å². The number of thiazole rings is 1. The number of carbonyl (C=O) groups is 2. The largest absolute Gasteiger partial charge is 0.464 e. The molecule has 2 amide bonds. The summed E-state index contributed by atoms with van der Waals surface area (Å²) in [6.07, 6.45) is 1.17. The van der Waals surface area contributed by atoms with Gasteiger partial charge in [0.15, 0.2) is 5.13 Å². The molecular weight excluding hydrogens is 314 g/mol. The maximum atomic E-state index is 12.4. The van der Waals surface area contributed by atoms with E-state index in [4.69, 9.17) is 4.42 Å². The van der Waals surface area contributed by atoms with E-state index in [0.717, 1.165) is 11.5 Å². The Kier molecular flexibility index (Phi) is 4.21. The molecule has 6 nitrogen and oxygen atoms in total. The predicted octanol–water partition coefficient (Wildman–Crippen LogP) is 3.09. The van der Waals surface area contributed by atoms with E-state index in [9.17, 15) is 9.59 Å². The van der Waals surface area contributed by atoms with Crippen LogP contribution in [0.5, 0.6) is 0 Å². The van der Waals surface area contributed by atoms with Gasteiger partial charge in [-0.3, -0.25) is 9.59 Å². The third kappa shape index (κ3) is 3.61. The highest BCUT2D eigenvalue weighted by atomic mass is 32.1. The number of aromatic nitrogens is 1. The molecule has 23 heavy (non-hydrogen) atoms. The van der Waals surface area contributed by atoms with Crippen LogP contribution in [0.1, 0.15) is 48.2 Å². The van der Waals surface area contributed by atoms with Crippen molar-refractivity contribution in [3.63, 3.8) is 0 Å². The molecule has 3 rings (SSSR count). The van der Waals surface area contributed by atoms with Gasteiger partial charge >= 0.3 is 0 Å². The summed E-state index contributed by atoms with van der Waals surface area (Å²) in [7, 11) is 1.71. The molecule has 0 spiro atoms. The molecule has 122 valence electrons. The number of nitrogens with zero attached hydrogens (tertiary/aromatic N) is 2. The SMILES string of the molecule is CC(=O)Nc1nc(C(=O)N(C)Cc2ccc([C@H]3C[C@H]3C)o2)cs1. The first-order valence-electron chi connectivity index (χ1n) is 7.51. The van der Waals surface area contributed by atoms with Gasteiger partial charge in [-0.15, -0.1) is 11.3 Å². The van der Waals surface area contributed by atoms with Crippen molar-refractivity contribution in [3.05, 3.63) is 34.7 Å². The fraction of sp³-hybridized carbons (Fsp3) is 0.438. The van der Waals surface area contributed by atoms with Gasteiger partial charge in [0.2, 0.25) is 5.91 Å². The quantitative estimate of drug-likeness (QED) is 0.912. The summed E-state index contributed by atoms with van der Waals surface area (Å²) in [5.41, 5.74) is 0.323. The molecule has 1 aliphatic rings. The van der Waals surface area contributed by atoms with Gasteiger partial charge in [-0.25, -0.2) is 4.98 Å². The van der Waals surface area contributed by atoms with E-state index in [1.54, 1.807) is 17.3 Å². The first-order valence-corrected chi connectivity index (χ1v) is 8.39. The highest BCUT2D eigenvalue weighted by Gasteiger charge is 2.36. The monoisotopic (exact) mass is 333 g/mol. The summed E-state index contributed by atoms with van der Waals surface area (Å²) in [5, 5.41) is 4.65. The van der Waals surface area contributed by atoms with E-state index in [-0.39, 0.29) is 11.8 Å². The van der Waals surface area contributed by atoms with Crippen molar-refractivity contribution in [3.8, 4) is 0 Å². The molecule has 0 aromatic carbocycles. The highest BCUT2D eigenvalue weighted by molar-refractivity contribution is 7.14. The topological polar surface area (TPSA) is 75.4 Å². The second-order valence-corrected chi connectivity index (χ2v) is 6.86. The van der Waals surface area contributed by atoms with Gasteiger partial charge in [0.25, 0.3) is 5.91 Å². The lowest BCUT2D eigenvalue weighted by Crippen LogP contribution is -2.26. The smallest absolute Gasteiger partial charge is 0.273 e. The number of hydrogen-bond acceptors (Lipinski definition) is 5. The Morgan fingerprint density at radius 1 is 1.48 bits per heavy atom. The normalized spacial score (nSPS) is 19.4. The first kappa shape index (κ1) is 15.7. The van der Waals surface area contributed by atoms with Crippen LogP contribution in [-0.4, -0.2) is 28.7 Å². The Bertz CT molecular complexity index is 737. The van der Waals surface area contributed by atoms with Crippen LogP contribution in [0, 0.1) is 5.92 Å². The zero-order valence-electron chi connectivity index (χ0n) is 13.3. The van der Waals surface area contributed by atoms with E-state index >= 15 is 0 Å². The number of amides is 2. The van der Waals surface area contributed by atoms with Crippen LogP contribution < -0.4 is 5.32 Å². The molecular formula is C16H19N3O3S. The molecule has 2 aromatic rings. The van der Waals surface area contributed by atoms with Crippen molar-refractivity contribution in [2.24, 2.45) is 5.92 Å². The van der Waals surface area contributed by atoms with E-state index in [1.165, 1.54) is 24.7 Å². The fourth-order valence-corrected chi connectivity index (χ4v) is 3.21. The van der Waals surface area contributed by atoms with Crippen molar-refractivity contribution in [1.29, 1.82) is 0 Å². The van der Waals surface area contributed by atoms with Crippen LogP contribution in [0.25, 0.3) is 0 Å². The first-order chi connectivity index (χ1) is 10.9. The molecule has 0 saturated heterocycles. The second-order valence-electron chi connectivity index (χ2n) is 6.00. The fourth-order valence-electron chi connectivity index (χ4n) is 2.48. The summed E-state index contributed by atoms with van der Waals surface area (Å²) in [6.45, 7) is 4.01. The molecule has 2 atom stereocenters. The number of hydrogen-bond donors (Lipinski definition) is 1. The van der Waals surface area contributed by atoms with E-state index in [0.29, 0.717) is 29.2 Å². The van der Waals surface area contributed by atoms with E-state index < -0.39 is 0 Å². The van der Waals surface area contributed by atoms with Crippen LogP contribution in [0.2, 0.25) is 0 Å². The van der Waals surface area contributed by atoms with Crippen LogP contribution in [0.4, 0.5) is 5.13 Å². The Labute approximate surface area is 138 Å². The number of anilines is 1. The zero-order valence-corrected chi connectivity index (χ0v) is 14.1. The Balaban J connectivity index is 1.61. The van der Waals surface area contributed by atoms with Crippen LogP contribution >= 0.6 is 11.3 Å². The minimum Gasteiger partial charge on any atom is -0.464 e. The molecule has 1 saturated carbocycles. The van der Waals surface area contributed by atoms with Crippen LogP contribution in [0.15, 0.2) is 21.9 Å². The van der Waals surface area contributed by atoms with Crippen molar-refractivity contribution in [2.75, 3.05) is 12.4 Å². The molecule has 2 heterocycles. The van der Waals surface area contributed by atoms with E-state index in [1.807, 2.05) is 12.1 Å². The molecule has 0 radical (unpaired) electrons. The molecule has 0 unspecified atom stereocenters. The summed E-state index contributed by atoms with van der Waals surface area (Å²) >= 11 is 1.23. The summed E-state index contributed by atoms with van der Waals surface area (Å²) in [4.78, 5) is 29.1. The third-order valence-corrected chi connectivity index (χ3v) is 4.66. The van der Waals surface area contributed by atoms with Gasteiger partial charge in [0.1, 0.15) is 17.2 Å². The lowest BCUT2D eigenvalue weighted by atomic mass is 10.3. The number of nitrogens with one attached hydrogen (secondary N) is 1. The molecule has 1 N–H and O–H groups in total. The zero-order chi connectivity index (χ0) is 16.6. The molecule has 2 aromatic heterocycles. The Hall–Kier alpha value is -2.15. The molecule has 0 aliphatic heterocycles. The lowest BCUT2D eigenvalue weighted by molar-refractivity contribution is -0.114. The average molecular weight is 333 g/mol. The number of rotatable bonds is 5. The maximum absolute atomic E-state index is 12.4. The Morgan fingerprint density at radius 3 is 2.87 bits per heavy atom. The second kappa shape index (κ2) is 6.16. The average Bonchev–Trinajstić information content (AvgIpc) is 2.91. The van der Waals surface area contributed by atoms with Gasteiger partial charge in [-0.05, 0) is 24.5 Å². The number of furan rings is 1. The predicted molar refractivity (Wildman–Crippen MR) is 87.4 cm³/mol. The van der Waals surface area contributed by atoms with Crippen molar-refractivity contribution < 1.29 is 14.0 Å². The Morgan fingerprint density at radius 2 is 2.22 bits per heavy atom. The molecule has 1 fully saturated rings. The van der Waals surface area contributed by atoms with Crippen LogP contribution in [0.3, 0.4) is 0 Å². The highest BCUT2D eigenvalue weighted by Crippen LogP contribution is 2.47. The number of carbonyl (C=O) groups excluding carboxylic acids is 2. The maximum Gasteiger partial charge on any atom is 0.273 e. The minimum absolute atomic E-state index is 0.199. The standard InChI is InChI=1S/C16H19N3O3S/c1-9-6-12(9)14-5-4-11(22-14)7-19(3)15(21)13-8-23-16(18-13)17-10(2)20/h4-5,8-9,12H,6-7H2,1-3H3,(H,17,18,20)/t9-,12+/m1/s1. The van der Waals surface area contributed by atoms with Gasteiger partial charge in [-0.2, -0.15) is 0 Å². The van der Waals surface area contributed by atoms with E-state index in [2.05, 4.69) is 17.2 Å². The van der Waals surface area contributed by atoms with Gasteiger partial charge in [0.05, 0.1) is 6.54 Å². The summed E-state index contributed by atoms with van der Waals surface area (Å²) in [5.74, 6) is 2.60. The van der Waals surface area contributed by atoms with Gasteiger partial charge in [-0.1, -0.05) is 6.92 Å². The van der Waals surface area contributed by atoms with Crippen molar-refractivity contribution in [1.82, 2.24) is 9.88 Å². The van der Waals surface area contributed by atoms with Crippen molar-refractivity contribution in [2.45, 2.75) is 32.7 Å². The summed E-state index contributed by atoms with van der Waals surface area (Å²) in [6, 6.07) is 3.92.